The van der Waals surface area contributed by atoms with Gasteiger partial charge in [0.2, 0.25) is 0 Å². The van der Waals surface area contributed by atoms with E-state index in [4.69, 9.17) is 23.7 Å². The van der Waals surface area contributed by atoms with E-state index in [-0.39, 0.29) is 44.1 Å². The molecule has 0 radical (unpaired) electrons. The van der Waals surface area contributed by atoms with E-state index in [9.17, 15) is 14.4 Å². The molecule has 9 nitrogen and oxygen atoms in total. The fourth-order valence-electron chi connectivity index (χ4n) is 7.98. The Labute approximate surface area is 391 Å². The monoisotopic (exact) mass is 896 g/mol. The van der Waals surface area contributed by atoms with Crippen molar-refractivity contribution < 1.29 is 38.1 Å². The summed E-state index contributed by atoms with van der Waals surface area (Å²) < 4.78 is 29.4. The average Bonchev–Trinajstić information content (AvgIpc) is 3.82. The number of carbonyl (C=O) groups is 3. The first-order valence-corrected chi connectivity index (χ1v) is 26.3. The molecule has 0 spiro atoms. The van der Waals surface area contributed by atoms with Crippen molar-refractivity contribution >= 4 is 17.9 Å². The molecule has 0 saturated carbocycles. The van der Waals surface area contributed by atoms with Crippen LogP contribution in [0.5, 0.6) is 0 Å². The molecular formula is C55H93NO8. The van der Waals surface area contributed by atoms with Crippen molar-refractivity contribution in [3.8, 4) is 0 Å². The summed E-state index contributed by atoms with van der Waals surface area (Å²) in [6.07, 6.45) is 40.0. The van der Waals surface area contributed by atoms with E-state index in [1.54, 1.807) is 0 Å². The molecule has 0 amide bonds. The molecule has 0 aromatic heterocycles. The van der Waals surface area contributed by atoms with Crippen LogP contribution in [0.25, 0.3) is 0 Å². The van der Waals surface area contributed by atoms with Crippen LogP contribution in [-0.2, 0) is 57.9 Å². The summed E-state index contributed by atoms with van der Waals surface area (Å²) >= 11 is 0. The number of unbranched alkanes of at least 4 members (excludes halogenated alkanes) is 18. The Morgan fingerprint density at radius 2 is 0.906 bits per heavy atom. The van der Waals surface area contributed by atoms with E-state index in [1.807, 2.05) is 18.2 Å². The molecule has 0 unspecified atom stereocenters. The van der Waals surface area contributed by atoms with E-state index in [2.05, 4.69) is 50.0 Å². The quantitative estimate of drug-likeness (QED) is 0.0208. The Morgan fingerprint density at radius 1 is 0.500 bits per heavy atom. The molecule has 366 valence electrons. The van der Waals surface area contributed by atoms with Crippen LogP contribution in [-0.4, -0.2) is 61.9 Å². The Bertz CT molecular complexity index is 1340. The predicted molar refractivity (Wildman–Crippen MR) is 262 cm³/mol. The molecule has 1 aromatic carbocycles. The number of allylic oxidation sites excluding steroid dienone is 4. The molecule has 1 aromatic rings. The summed E-state index contributed by atoms with van der Waals surface area (Å²) in [5.74, 6) is -0.773. The van der Waals surface area contributed by atoms with Crippen LogP contribution >= 0.6 is 0 Å². The van der Waals surface area contributed by atoms with Crippen molar-refractivity contribution in [3.63, 3.8) is 0 Å². The minimum absolute atomic E-state index is 0.0608. The number of hydrogen-bond donors (Lipinski definition) is 0. The van der Waals surface area contributed by atoms with Gasteiger partial charge in [-0.05, 0) is 125 Å². The first-order valence-electron chi connectivity index (χ1n) is 26.3. The van der Waals surface area contributed by atoms with Crippen molar-refractivity contribution in [2.45, 2.75) is 240 Å². The number of benzene rings is 1. The summed E-state index contributed by atoms with van der Waals surface area (Å²) in [4.78, 5) is 40.9. The van der Waals surface area contributed by atoms with Crippen LogP contribution in [0.4, 0.5) is 0 Å². The van der Waals surface area contributed by atoms with Gasteiger partial charge in [-0.1, -0.05) is 141 Å². The first-order chi connectivity index (χ1) is 31.4. The van der Waals surface area contributed by atoms with Crippen LogP contribution in [0, 0.1) is 0 Å². The highest BCUT2D eigenvalue weighted by Gasteiger charge is 2.16. The lowest BCUT2D eigenvalue weighted by molar-refractivity contribution is -0.160. The molecule has 1 heterocycles. The summed E-state index contributed by atoms with van der Waals surface area (Å²) in [5.41, 5.74) is 2.30. The van der Waals surface area contributed by atoms with Gasteiger partial charge >= 0.3 is 17.9 Å². The maximum absolute atomic E-state index is 13.1. The minimum Gasteiger partial charge on any atom is -0.461 e. The maximum Gasteiger partial charge on any atom is 0.306 e. The average molecular weight is 896 g/mol. The highest BCUT2D eigenvalue weighted by Crippen LogP contribution is 2.18. The molecule has 1 fully saturated rings. The normalized spacial score (nSPS) is 13.2. The van der Waals surface area contributed by atoms with E-state index in [1.165, 1.54) is 96.3 Å². The lowest BCUT2D eigenvalue weighted by Crippen LogP contribution is -2.21. The smallest absolute Gasteiger partial charge is 0.306 e. The molecule has 1 aliphatic rings. The van der Waals surface area contributed by atoms with Gasteiger partial charge in [0.05, 0.1) is 6.42 Å². The van der Waals surface area contributed by atoms with Gasteiger partial charge in [0.1, 0.15) is 19.8 Å². The van der Waals surface area contributed by atoms with Gasteiger partial charge in [-0.2, -0.15) is 0 Å². The van der Waals surface area contributed by atoms with Crippen molar-refractivity contribution in [1.82, 2.24) is 4.90 Å². The Kier molecular flexibility index (Phi) is 37.0. The number of esters is 3. The topological polar surface area (TPSA) is 101 Å². The molecule has 0 N–H and O–H groups in total. The van der Waals surface area contributed by atoms with E-state index < -0.39 is 6.29 Å². The fraction of sp³-hybridized carbons (Fsp3) is 0.764. The molecule has 0 bridgehead atoms. The number of hydrogen-bond acceptors (Lipinski definition) is 9. The van der Waals surface area contributed by atoms with Crippen LogP contribution in [0.15, 0.2) is 42.5 Å². The zero-order chi connectivity index (χ0) is 46.0. The number of rotatable bonds is 43. The standard InChI is InChI=1S/C55H93NO8/c1-4-7-10-13-16-17-18-19-20-21-22-23-24-25-28-34-52(57)62-46-49-43-50(47-63-53(58)35-33-40-56-38-29-30-39-56)45-51(44-49)48-64-54(59)36-37-55(60-41-31-26-14-11-8-5-2)61-42-32-27-15-12-9-6-3/h16-17,19-20,43-45,55H,4-15,18,21-42,46-48H2,1-3H3/b17-16-,20-19-. The van der Waals surface area contributed by atoms with Crippen LogP contribution in [0.1, 0.15) is 230 Å². The second kappa shape index (κ2) is 41.4. The molecule has 64 heavy (non-hydrogen) atoms. The summed E-state index contributed by atoms with van der Waals surface area (Å²) in [6, 6.07) is 5.70. The molecule has 0 atom stereocenters. The van der Waals surface area contributed by atoms with Gasteiger partial charge in [0.15, 0.2) is 6.29 Å². The van der Waals surface area contributed by atoms with Crippen LogP contribution < -0.4 is 0 Å². The highest BCUT2D eigenvalue weighted by molar-refractivity contribution is 5.70. The van der Waals surface area contributed by atoms with Crippen molar-refractivity contribution in [2.24, 2.45) is 0 Å². The minimum atomic E-state index is -0.432. The van der Waals surface area contributed by atoms with Gasteiger partial charge in [-0.25, -0.2) is 0 Å². The van der Waals surface area contributed by atoms with Crippen LogP contribution in [0.3, 0.4) is 0 Å². The SMILES string of the molecule is CCCCC/C=C\C/C=C\CCCCCCCC(=O)OCc1cc(COC(=O)CCCN2CCCC2)cc(COC(=O)CCC(OCCCCCCCC)OCCCCCCCC)c1. The third kappa shape index (κ3) is 33.5. The van der Waals surface area contributed by atoms with Gasteiger partial charge in [0, 0.05) is 32.5 Å². The molecular weight excluding hydrogens is 803 g/mol. The number of carbonyl (C=O) groups excluding carboxylic acids is 3. The number of nitrogens with zero attached hydrogens (tertiary/aromatic N) is 1. The van der Waals surface area contributed by atoms with Gasteiger partial charge in [0.25, 0.3) is 0 Å². The van der Waals surface area contributed by atoms with Crippen molar-refractivity contribution in [2.75, 3.05) is 32.8 Å². The fourth-order valence-corrected chi connectivity index (χ4v) is 7.98. The van der Waals surface area contributed by atoms with Crippen LogP contribution in [0.2, 0.25) is 0 Å². The highest BCUT2D eigenvalue weighted by atomic mass is 16.7. The second-order valence-electron chi connectivity index (χ2n) is 18.0. The van der Waals surface area contributed by atoms with E-state index >= 15 is 0 Å². The molecule has 2 rings (SSSR count). The first kappa shape index (κ1) is 57.1. The van der Waals surface area contributed by atoms with Crippen molar-refractivity contribution in [3.05, 3.63) is 59.2 Å². The van der Waals surface area contributed by atoms with Gasteiger partial charge < -0.3 is 28.6 Å². The lowest BCUT2D eigenvalue weighted by atomic mass is 10.1. The number of likely N-dealkylation sites (tertiary alicyclic amines) is 1. The Morgan fingerprint density at radius 3 is 1.42 bits per heavy atom. The molecule has 9 heteroatoms. The van der Waals surface area contributed by atoms with Crippen molar-refractivity contribution in [1.29, 1.82) is 0 Å². The van der Waals surface area contributed by atoms with E-state index in [0.29, 0.717) is 32.5 Å². The molecule has 0 aliphatic carbocycles. The summed E-state index contributed by atoms with van der Waals surface area (Å²) in [6.45, 7) is 11.3. The summed E-state index contributed by atoms with van der Waals surface area (Å²) in [7, 11) is 0. The lowest BCUT2D eigenvalue weighted by Gasteiger charge is -2.19. The third-order valence-electron chi connectivity index (χ3n) is 11.9. The summed E-state index contributed by atoms with van der Waals surface area (Å²) in [5, 5.41) is 0. The Hall–Kier alpha value is -3.01. The zero-order valence-electron chi connectivity index (χ0n) is 41.2. The zero-order valence-corrected chi connectivity index (χ0v) is 41.2. The predicted octanol–water partition coefficient (Wildman–Crippen LogP) is 14.4. The van der Waals surface area contributed by atoms with Gasteiger partial charge in [-0.3, -0.25) is 14.4 Å². The maximum atomic E-state index is 13.1. The van der Waals surface area contributed by atoms with E-state index in [0.717, 1.165) is 107 Å². The van der Waals surface area contributed by atoms with Gasteiger partial charge in [-0.15, -0.1) is 0 Å². The molecule has 1 saturated heterocycles. The second-order valence-corrected chi connectivity index (χ2v) is 18.0. The Balaban J connectivity index is 1.85. The largest absolute Gasteiger partial charge is 0.461 e. The third-order valence-corrected chi connectivity index (χ3v) is 11.9. The number of ether oxygens (including phenoxy) is 5. The molecule has 1 aliphatic heterocycles.